The van der Waals surface area contributed by atoms with Crippen LogP contribution in [-0.4, -0.2) is 17.0 Å². The summed E-state index contributed by atoms with van der Waals surface area (Å²) in [4.78, 5) is 11.2. The van der Waals surface area contributed by atoms with Crippen LogP contribution in [0.25, 0.3) is 0 Å². The fourth-order valence-corrected chi connectivity index (χ4v) is 1.14. The van der Waals surface area contributed by atoms with E-state index in [9.17, 15) is 4.79 Å². The molecule has 0 aromatic rings. The van der Waals surface area contributed by atoms with Gasteiger partial charge in [-0.1, -0.05) is 27.2 Å². The predicted octanol–water partition coefficient (Wildman–Crippen LogP) is 2.01. The summed E-state index contributed by atoms with van der Waals surface area (Å²) in [5.74, 6) is 0.609. The molecule has 12 heavy (non-hydrogen) atoms. The minimum absolute atomic E-state index is 0.00685. The van der Waals surface area contributed by atoms with Gasteiger partial charge in [0.15, 0.2) is 5.78 Å². The molecule has 1 N–H and O–H groups in total. The van der Waals surface area contributed by atoms with E-state index in [1.54, 1.807) is 0 Å². The highest BCUT2D eigenvalue weighted by Crippen LogP contribution is 2.13. The Morgan fingerprint density at radius 3 is 2.00 bits per heavy atom. The molecule has 0 saturated heterocycles. The SMILES string of the molecule is CC(C)CCC(C)C(=O)C(C)O. The van der Waals surface area contributed by atoms with Crippen LogP contribution in [0.15, 0.2) is 0 Å². The molecule has 2 atom stereocenters. The Labute approximate surface area is 75.0 Å². The molecule has 72 valence electrons. The van der Waals surface area contributed by atoms with Crippen LogP contribution in [0.4, 0.5) is 0 Å². The first kappa shape index (κ1) is 11.6. The van der Waals surface area contributed by atoms with Crippen LogP contribution in [0.2, 0.25) is 0 Å². The molecular formula is C10H20O2. The molecule has 0 aromatic heterocycles. The third-order valence-corrected chi connectivity index (χ3v) is 2.07. The summed E-state index contributed by atoms with van der Waals surface area (Å²) in [6.45, 7) is 7.70. The van der Waals surface area contributed by atoms with Crippen molar-refractivity contribution in [2.45, 2.75) is 46.6 Å². The van der Waals surface area contributed by atoms with Crippen molar-refractivity contribution >= 4 is 5.78 Å². The monoisotopic (exact) mass is 172 g/mol. The summed E-state index contributed by atoms with van der Waals surface area (Å²) in [5, 5.41) is 9.01. The molecule has 0 saturated carbocycles. The standard InChI is InChI=1S/C10H20O2/c1-7(2)5-6-8(3)10(12)9(4)11/h7-9,11H,5-6H2,1-4H3. The second-order valence-corrected chi connectivity index (χ2v) is 3.95. The number of aliphatic hydroxyl groups is 1. The zero-order chi connectivity index (χ0) is 9.72. The number of hydrogen-bond donors (Lipinski definition) is 1. The smallest absolute Gasteiger partial charge is 0.163 e. The van der Waals surface area contributed by atoms with Gasteiger partial charge in [0.2, 0.25) is 0 Å². The van der Waals surface area contributed by atoms with Crippen molar-refractivity contribution in [3.05, 3.63) is 0 Å². The highest BCUT2D eigenvalue weighted by Gasteiger charge is 2.17. The van der Waals surface area contributed by atoms with E-state index in [4.69, 9.17) is 5.11 Å². The number of carbonyl (C=O) groups is 1. The molecule has 0 amide bonds. The average molecular weight is 172 g/mol. The molecule has 0 heterocycles. The van der Waals surface area contributed by atoms with Gasteiger partial charge >= 0.3 is 0 Å². The van der Waals surface area contributed by atoms with Crippen molar-refractivity contribution in [2.75, 3.05) is 0 Å². The van der Waals surface area contributed by atoms with Gasteiger partial charge in [-0.2, -0.15) is 0 Å². The number of rotatable bonds is 5. The maximum Gasteiger partial charge on any atom is 0.163 e. The van der Waals surface area contributed by atoms with Crippen molar-refractivity contribution in [1.82, 2.24) is 0 Å². The summed E-state index contributed by atoms with van der Waals surface area (Å²) in [5.41, 5.74) is 0. The van der Waals surface area contributed by atoms with Crippen LogP contribution < -0.4 is 0 Å². The van der Waals surface area contributed by atoms with Gasteiger partial charge < -0.3 is 5.11 Å². The van der Waals surface area contributed by atoms with Crippen molar-refractivity contribution in [1.29, 1.82) is 0 Å². The Morgan fingerprint density at radius 1 is 1.17 bits per heavy atom. The van der Waals surface area contributed by atoms with Gasteiger partial charge in [0.1, 0.15) is 6.10 Å². The molecule has 0 fully saturated rings. The van der Waals surface area contributed by atoms with Crippen LogP contribution >= 0.6 is 0 Å². The van der Waals surface area contributed by atoms with E-state index in [0.717, 1.165) is 12.8 Å². The minimum atomic E-state index is -0.799. The van der Waals surface area contributed by atoms with Gasteiger partial charge in [-0.15, -0.1) is 0 Å². The Kier molecular flexibility index (Phi) is 5.14. The van der Waals surface area contributed by atoms with Gasteiger partial charge in [-0.05, 0) is 19.3 Å². The molecule has 2 nitrogen and oxygen atoms in total. The Balaban J connectivity index is 3.72. The number of aliphatic hydroxyl groups excluding tert-OH is 1. The topological polar surface area (TPSA) is 37.3 Å². The number of carbonyl (C=O) groups excluding carboxylic acids is 1. The molecule has 0 rings (SSSR count). The van der Waals surface area contributed by atoms with E-state index in [1.807, 2.05) is 6.92 Å². The van der Waals surface area contributed by atoms with E-state index >= 15 is 0 Å². The largest absolute Gasteiger partial charge is 0.386 e. The van der Waals surface area contributed by atoms with Gasteiger partial charge in [0, 0.05) is 5.92 Å². The lowest BCUT2D eigenvalue weighted by Crippen LogP contribution is -2.23. The predicted molar refractivity (Wildman–Crippen MR) is 49.9 cm³/mol. The minimum Gasteiger partial charge on any atom is -0.386 e. The van der Waals surface area contributed by atoms with Gasteiger partial charge in [0.25, 0.3) is 0 Å². The Bertz CT molecular complexity index is 139. The van der Waals surface area contributed by atoms with E-state index < -0.39 is 6.10 Å². The first-order chi connectivity index (χ1) is 5.45. The molecule has 2 unspecified atom stereocenters. The maximum atomic E-state index is 11.2. The molecule has 2 heteroatoms. The molecule has 0 aliphatic heterocycles. The summed E-state index contributed by atoms with van der Waals surface area (Å²) in [6.07, 6.45) is 1.15. The van der Waals surface area contributed by atoms with Crippen LogP contribution in [-0.2, 0) is 4.79 Å². The summed E-state index contributed by atoms with van der Waals surface area (Å²) in [7, 11) is 0. The van der Waals surface area contributed by atoms with E-state index in [2.05, 4.69) is 13.8 Å². The summed E-state index contributed by atoms with van der Waals surface area (Å²) >= 11 is 0. The lowest BCUT2D eigenvalue weighted by molar-refractivity contribution is -0.130. The molecule has 0 aromatic carbocycles. The van der Waals surface area contributed by atoms with E-state index in [-0.39, 0.29) is 11.7 Å². The molecule has 0 aliphatic rings. The number of hydrogen-bond acceptors (Lipinski definition) is 2. The van der Waals surface area contributed by atoms with Crippen LogP contribution in [0.5, 0.6) is 0 Å². The highest BCUT2D eigenvalue weighted by molar-refractivity contribution is 5.84. The molecule has 0 radical (unpaired) electrons. The fraction of sp³-hybridized carbons (Fsp3) is 0.900. The second-order valence-electron chi connectivity index (χ2n) is 3.95. The zero-order valence-corrected chi connectivity index (χ0v) is 8.50. The van der Waals surface area contributed by atoms with Gasteiger partial charge in [-0.25, -0.2) is 0 Å². The highest BCUT2D eigenvalue weighted by atomic mass is 16.3. The van der Waals surface area contributed by atoms with Crippen molar-refractivity contribution in [3.63, 3.8) is 0 Å². The van der Waals surface area contributed by atoms with E-state index in [0.29, 0.717) is 5.92 Å². The third-order valence-electron chi connectivity index (χ3n) is 2.07. The van der Waals surface area contributed by atoms with Crippen molar-refractivity contribution in [3.8, 4) is 0 Å². The Morgan fingerprint density at radius 2 is 1.67 bits per heavy atom. The van der Waals surface area contributed by atoms with Crippen molar-refractivity contribution in [2.24, 2.45) is 11.8 Å². The van der Waals surface area contributed by atoms with Crippen LogP contribution in [0, 0.1) is 11.8 Å². The lowest BCUT2D eigenvalue weighted by atomic mass is 9.94. The first-order valence-corrected chi connectivity index (χ1v) is 4.67. The number of ketones is 1. The average Bonchev–Trinajstić information content (AvgIpc) is 1.98. The lowest BCUT2D eigenvalue weighted by Gasteiger charge is -2.13. The maximum absolute atomic E-state index is 11.2. The van der Waals surface area contributed by atoms with E-state index in [1.165, 1.54) is 6.92 Å². The molecule has 0 aliphatic carbocycles. The second kappa shape index (κ2) is 5.31. The van der Waals surface area contributed by atoms with Gasteiger partial charge in [0.05, 0.1) is 0 Å². The normalized spacial score (nSPS) is 16.2. The van der Waals surface area contributed by atoms with Crippen LogP contribution in [0.1, 0.15) is 40.5 Å². The number of Topliss-reactive ketones (excluding diaryl/α,β-unsaturated/α-hetero) is 1. The summed E-state index contributed by atoms with van der Waals surface area (Å²) in [6, 6.07) is 0. The van der Waals surface area contributed by atoms with Gasteiger partial charge in [-0.3, -0.25) is 4.79 Å². The quantitative estimate of drug-likeness (QED) is 0.688. The molecule has 0 bridgehead atoms. The zero-order valence-electron chi connectivity index (χ0n) is 8.50. The van der Waals surface area contributed by atoms with Crippen LogP contribution in [0.3, 0.4) is 0 Å². The van der Waals surface area contributed by atoms with Crippen molar-refractivity contribution < 1.29 is 9.90 Å². The summed E-state index contributed by atoms with van der Waals surface area (Å²) < 4.78 is 0. The Hall–Kier alpha value is -0.370. The first-order valence-electron chi connectivity index (χ1n) is 4.67. The third kappa shape index (κ3) is 4.50. The molecule has 0 spiro atoms. The fourth-order valence-electron chi connectivity index (χ4n) is 1.14. The molecular weight excluding hydrogens is 152 g/mol.